The van der Waals surface area contributed by atoms with Gasteiger partial charge in [0.25, 0.3) is 5.91 Å². The predicted octanol–water partition coefficient (Wildman–Crippen LogP) is 1.62. The van der Waals surface area contributed by atoms with E-state index in [0.29, 0.717) is 26.2 Å². The number of β-amino-alcohol motifs (C(OH)–C–C–N with tert-alkyl or cyclic N) is 1. The molecule has 1 amide bonds. The number of nitrogens with zero attached hydrogens (tertiary/aromatic N) is 2. The first-order valence-corrected chi connectivity index (χ1v) is 8.24. The molecule has 1 atom stereocenters. The quantitative estimate of drug-likeness (QED) is 0.896. The Morgan fingerprint density at radius 3 is 2.35 bits per heavy atom. The Hall–Kier alpha value is -1.43. The maximum atomic E-state index is 12.4. The van der Waals surface area contributed by atoms with E-state index < -0.39 is 6.10 Å². The van der Waals surface area contributed by atoms with Gasteiger partial charge in [0, 0.05) is 38.3 Å². The molecule has 1 heterocycles. The van der Waals surface area contributed by atoms with Crippen LogP contribution in [0.2, 0.25) is 0 Å². The fraction of sp³-hybridized carbons (Fsp3) is 0.611. The lowest BCUT2D eigenvalue weighted by Gasteiger charge is -2.36. The van der Waals surface area contributed by atoms with Gasteiger partial charge in [0.2, 0.25) is 0 Å². The Kier molecular flexibility index (Phi) is 6.16. The molecule has 0 bridgehead atoms. The fourth-order valence-corrected chi connectivity index (χ4v) is 2.59. The van der Waals surface area contributed by atoms with Gasteiger partial charge >= 0.3 is 0 Å². The van der Waals surface area contributed by atoms with Gasteiger partial charge in [-0.3, -0.25) is 9.69 Å². The Morgan fingerprint density at radius 1 is 1.17 bits per heavy atom. The van der Waals surface area contributed by atoms with Crippen LogP contribution in [0.15, 0.2) is 30.3 Å². The molecular weight excluding hydrogens is 292 g/mol. The Labute approximate surface area is 138 Å². The molecule has 1 aromatic carbocycles. The van der Waals surface area contributed by atoms with Gasteiger partial charge in [0.1, 0.15) is 0 Å². The van der Waals surface area contributed by atoms with Crippen LogP contribution < -0.4 is 0 Å². The van der Waals surface area contributed by atoms with Crippen LogP contribution in [0.1, 0.15) is 31.1 Å². The van der Waals surface area contributed by atoms with Gasteiger partial charge in [-0.15, -0.1) is 0 Å². The number of amides is 1. The predicted molar refractivity (Wildman–Crippen MR) is 90.5 cm³/mol. The van der Waals surface area contributed by atoms with Gasteiger partial charge in [-0.25, -0.2) is 0 Å². The highest BCUT2D eigenvalue weighted by atomic mass is 16.5. The van der Waals surface area contributed by atoms with Crippen LogP contribution in [-0.4, -0.2) is 71.8 Å². The minimum absolute atomic E-state index is 0.0851. The van der Waals surface area contributed by atoms with Gasteiger partial charge < -0.3 is 14.7 Å². The van der Waals surface area contributed by atoms with Gasteiger partial charge in [-0.2, -0.15) is 0 Å². The molecular formula is C18H28N2O3. The summed E-state index contributed by atoms with van der Waals surface area (Å²) in [5.41, 5.74) is 0.501. The van der Waals surface area contributed by atoms with Crippen LogP contribution in [0.4, 0.5) is 0 Å². The Bertz CT molecular complexity index is 491. The number of hydrogen-bond donors (Lipinski definition) is 1. The zero-order valence-corrected chi connectivity index (χ0v) is 14.4. The molecule has 1 fully saturated rings. The lowest BCUT2D eigenvalue weighted by Crippen LogP contribution is -2.51. The average Bonchev–Trinajstić information content (AvgIpc) is 2.53. The molecule has 23 heavy (non-hydrogen) atoms. The normalized spacial score (nSPS) is 18.0. The number of carbonyl (C=O) groups excluding carboxylic acids is 1. The first-order chi connectivity index (χ1) is 10.8. The minimum Gasteiger partial charge on any atom is -0.389 e. The summed E-state index contributed by atoms with van der Waals surface area (Å²) in [7, 11) is 0. The number of benzene rings is 1. The van der Waals surface area contributed by atoms with Crippen LogP contribution >= 0.6 is 0 Å². The summed E-state index contributed by atoms with van der Waals surface area (Å²) >= 11 is 0. The molecule has 1 N–H and O–H groups in total. The van der Waals surface area contributed by atoms with E-state index in [2.05, 4.69) is 4.90 Å². The molecule has 0 radical (unpaired) electrons. The Balaban J connectivity index is 1.74. The third kappa shape index (κ3) is 5.94. The molecule has 1 unspecified atom stereocenters. The van der Waals surface area contributed by atoms with Crippen molar-refractivity contribution in [2.24, 2.45) is 0 Å². The van der Waals surface area contributed by atoms with E-state index in [1.807, 2.05) is 56.0 Å². The number of hydrogen-bond acceptors (Lipinski definition) is 4. The molecule has 0 aliphatic carbocycles. The maximum Gasteiger partial charge on any atom is 0.253 e. The molecule has 1 saturated heterocycles. The van der Waals surface area contributed by atoms with E-state index in [4.69, 9.17) is 4.74 Å². The summed E-state index contributed by atoms with van der Waals surface area (Å²) in [5, 5.41) is 10.1. The number of carbonyl (C=O) groups is 1. The van der Waals surface area contributed by atoms with E-state index in [9.17, 15) is 9.90 Å². The molecule has 0 saturated carbocycles. The zero-order chi connectivity index (χ0) is 16.9. The van der Waals surface area contributed by atoms with Crippen LogP contribution in [-0.2, 0) is 4.74 Å². The average molecular weight is 320 g/mol. The second-order valence-corrected chi connectivity index (χ2v) is 7.04. The largest absolute Gasteiger partial charge is 0.389 e. The van der Waals surface area contributed by atoms with Crippen molar-refractivity contribution in [3.63, 3.8) is 0 Å². The van der Waals surface area contributed by atoms with E-state index >= 15 is 0 Å². The third-order valence-electron chi connectivity index (χ3n) is 3.86. The summed E-state index contributed by atoms with van der Waals surface area (Å²) in [4.78, 5) is 16.4. The van der Waals surface area contributed by atoms with Crippen LogP contribution in [0.3, 0.4) is 0 Å². The molecule has 0 spiro atoms. The first-order valence-electron chi connectivity index (χ1n) is 8.24. The lowest BCUT2D eigenvalue weighted by molar-refractivity contribution is -0.0581. The highest BCUT2D eigenvalue weighted by Gasteiger charge is 2.23. The standard InChI is InChI=1S/C18H28N2O3/c1-18(2,3)23-14-16(21)13-19-9-11-20(12-10-19)17(22)15-7-5-4-6-8-15/h4-8,16,21H,9-14H2,1-3H3. The number of aliphatic hydroxyl groups is 1. The van der Waals surface area contributed by atoms with Crippen LogP contribution in [0.25, 0.3) is 0 Å². The topological polar surface area (TPSA) is 53.0 Å². The van der Waals surface area contributed by atoms with Crippen molar-refractivity contribution in [2.75, 3.05) is 39.3 Å². The van der Waals surface area contributed by atoms with E-state index in [0.717, 1.165) is 18.7 Å². The fourth-order valence-electron chi connectivity index (χ4n) is 2.59. The van der Waals surface area contributed by atoms with Gasteiger partial charge in [0.15, 0.2) is 0 Å². The van der Waals surface area contributed by atoms with Crippen LogP contribution in [0, 0.1) is 0 Å². The van der Waals surface area contributed by atoms with Gasteiger partial charge in [-0.05, 0) is 32.9 Å². The second-order valence-electron chi connectivity index (χ2n) is 7.04. The number of ether oxygens (including phenoxy) is 1. The van der Waals surface area contributed by atoms with Crippen LogP contribution in [0.5, 0.6) is 0 Å². The molecule has 2 rings (SSSR count). The SMILES string of the molecule is CC(C)(C)OCC(O)CN1CCN(C(=O)c2ccccc2)CC1. The molecule has 1 aliphatic heterocycles. The van der Waals surface area contributed by atoms with Gasteiger partial charge in [0.05, 0.1) is 18.3 Å². The van der Waals surface area contributed by atoms with E-state index in [-0.39, 0.29) is 11.5 Å². The number of piperazine rings is 1. The summed E-state index contributed by atoms with van der Waals surface area (Å²) < 4.78 is 5.61. The smallest absolute Gasteiger partial charge is 0.253 e. The lowest BCUT2D eigenvalue weighted by atomic mass is 10.1. The van der Waals surface area contributed by atoms with Crippen molar-refractivity contribution < 1.29 is 14.6 Å². The highest BCUT2D eigenvalue weighted by molar-refractivity contribution is 5.94. The highest BCUT2D eigenvalue weighted by Crippen LogP contribution is 2.11. The van der Waals surface area contributed by atoms with E-state index in [1.54, 1.807) is 0 Å². The minimum atomic E-state index is -0.495. The summed E-state index contributed by atoms with van der Waals surface area (Å²) in [5.74, 6) is 0.0851. The molecule has 1 aromatic rings. The number of aliphatic hydroxyl groups excluding tert-OH is 1. The van der Waals surface area contributed by atoms with Crippen molar-refractivity contribution in [3.8, 4) is 0 Å². The zero-order valence-electron chi connectivity index (χ0n) is 14.4. The Morgan fingerprint density at radius 2 is 1.78 bits per heavy atom. The third-order valence-corrected chi connectivity index (χ3v) is 3.86. The van der Waals surface area contributed by atoms with Crippen molar-refractivity contribution in [2.45, 2.75) is 32.5 Å². The van der Waals surface area contributed by atoms with Crippen molar-refractivity contribution in [1.82, 2.24) is 9.80 Å². The van der Waals surface area contributed by atoms with Crippen molar-refractivity contribution in [1.29, 1.82) is 0 Å². The monoisotopic (exact) mass is 320 g/mol. The molecule has 128 valence electrons. The molecule has 0 aromatic heterocycles. The molecule has 5 nitrogen and oxygen atoms in total. The maximum absolute atomic E-state index is 12.4. The second kappa shape index (κ2) is 7.90. The number of rotatable bonds is 5. The van der Waals surface area contributed by atoms with Gasteiger partial charge in [-0.1, -0.05) is 18.2 Å². The first kappa shape index (κ1) is 17.9. The van der Waals surface area contributed by atoms with Crippen molar-refractivity contribution >= 4 is 5.91 Å². The molecule has 1 aliphatic rings. The van der Waals surface area contributed by atoms with Crippen molar-refractivity contribution in [3.05, 3.63) is 35.9 Å². The summed E-state index contributed by atoms with van der Waals surface area (Å²) in [6.07, 6.45) is -0.495. The van der Waals surface area contributed by atoms with E-state index in [1.165, 1.54) is 0 Å². The summed E-state index contributed by atoms with van der Waals surface area (Å²) in [6, 6.07) is 9.38. The summed E-state index contributed by atoms with van der Waals surface area (Å²) in [6.45, 7) is 9.82. The molecule has 5 heteroatoms.